The van der Waals surface area contributed by atoms with Crippen LogP contribution in [0.4, 0.5) is 0 Å². The summed E-state index contributed by atoms with van der Waals surface area (Å²) in [7, 11) is 0. The third-order valence-electron chi connectivity index (χ3n) is 3.60. The third kappa shape index (κ3) is 6.95. The zero-order chi connectivity index (χ0) is 14.8. The average Bonchev–Trinajstić information content (AvgIpc) is 3.02. The molecule has 0 bridgehead atoms. The van der Waals surface area contributed by atoms with Crippen molar-refractivity contribution in [1.29, 1.82) is 0 Å². The molecular formula is C16H34N2O. The molecule has 2 heterocycles. The molecule has 0 atom stereocenters. The van der Waals surface area contributed by atoms with Crippen LogP contribution in [-0.4, -0.2) is 47.4 Å². The van der Waals surface area contributed by atoms with Gasteiger partial charge >= 0.3 is 0 Å². The lowest BCUT2D eigenvalue weighted by molar-refractivity contribution is -0.129. The Morgan fingerprint density at radius 1 is 0.842 bits per heavy atom. The molecule has 0 spiro atoms. The first-order valence-corrected chi connectivity index (χ1v) is 8.06. The molecule has 3 nitrogen and oxygen atoms in total. The van der Waals surface area contributed by atoms with Gasteiger partial charge in [0.2, 0.25) is 5.91 Å². The molecule has 0 N–H and O–H groups in total. The van der Waals surface area contributed by atoms with Crippen molar-refractivity contribution in [3.63, 3.8) is 0 Å². The van der Waals surface area contributed by atoms with E-state index in [1.807, 2.05) is 18.7 Å². The Morgan fingerprint density at radius 3 is 1.58 bits per heavy atom. The van der Waals surface area contributed by atoms with Crippen molar-refractivity contribution in [3.8, 4) is 0 Å². The average molecular weight is 270 g/mol. The Labute approximate surface area is 120 Å². The van der Waals surface area contributed by atoms with Crippen molar-refractivity contribution >= 4 is 5.91 Å². The molecule has 0 saturated carbocycles. The van der Waals surface area contributed by atoms with Crippen LogP contribution in [0.2, 0.25) is 0 Å². The van der Waals surface area contributed by atoms with Gasteiger partial charge in [-0.2, -0.15) is 0 Å². The van der Waals surface area contributed by atoms with Crippen molar-refractivity contribution in [2.75, 3.05) is 19.6 Å². The normalized spacial score (nSPS) is 19.4. The summed E-state index contributed by atoms with van der Waals surface area (Å²) in [5.74, 6) is 0.324. The molecule has 0 aromatic heterocycles. The zero-order valence-electron chi connectivity index (χ0n) is 13.9. The molecule has 2 aliphatic rings. The largest absolute Gasteiger partial charge is 0.340 e. The maximum absolute atomic E-state index is 10.9. The summed E-state index contributed by atoms with van der Waals surface area (Å²) in [6, 6.07) is 1.18. The van der Waals surface area contributed by atoms with Crippen LogP contribution < -0.4 is 0 Å². The Hall–Kier alpha value is -0.570. The summed E-state index contributed by atoms with van der Waals surface area (Å²) in [4.78, 5) is 15.4. The van der Waals surface area contributed by atoms with Crippen LogP contribution in [0.25, 0.3) is 0 Å². The number of rotatable bonds is 2. The lowest BCUT2D eigenvalue weighted by atomic mass is 10.3. The van der Waals surface area contributed by atoms with Crippen LogP contribution in [-0.2, 0) is 4.79 Å². The van der Waals surface area contributed by atoms with E-state index in [1.54, 1.807) is 0 Å². The topological polar surface area (TPSA) is 23.6 Å². The first-order chi connectivity index (χ1) is 9.02. The van der Waals surface area contributed by atoms with Crippen molar-refractivity contribution < 1.29 is 4.79 Å². The van der Waals surface area contributed by atoms with Crippen molar-refractivity contribution in [2.24, 2.45) is 0 Å². The molecule has 0 unspecified atom stereocenters. The molecular weight excluding hydrogens is 236 g/mol. The molecule has 0 radical (unpaired) electrons. The van der Waals surface area contributed by atoms with Crippen LogP contribution in [0, 0.1) is 0 Å². The van der Waals surface area contributed by atoms with Crippen LogP contribution >= 0.6 is 0 Å². The SMILES string of the molecule is CC.CC(C)N1CCCC1.CC(C)N1CCCC1=O. The fraction of sp³-hybridized carbons (Fsp3) is 0.938. The van der Waals surface area contributed by atoms with Gasteiger partial charge in [-0.25, -0.2) is 0 Å². The van der Waals surface area contributed by atoms with E-state index in [9.17, 15) is 4.79 Å². The minimum Gasteiger partial charge on any atom is -0.340 e. The van der Waals surface area contributed by atoms with Crippen molar-refractivity contribution in [1.82, 2.24) is 9.80 Å². The van der Waals surface area contributed by atoms with E-state index in [-0.39, 0.29) is 0 Å². The first kappa shape index (κ1) is 18.4. The molecule has 2 aliphatic heterocycles. The molecule has 2 saturated heterocycles. The maximum Gasteiger partial charge on any atom is 0.222 e. The minimum absolute atomic E-state index is 0.324. The van der Waals surface area contributed by atoms with Crippen LogP contribution in [0.5, 0.6) is 0 Å². The Morgan fingerprint density at radius 2 is 1.37 bits per heavy atom. The van der Waals surface area contributed by atoms with E-state index >= 15 is 0 Å². The van der Waals surface area contributed by atoms with Gasteiger partial charge in [0.25, 0.3) is 0 Å². The predicted molar refractivity (Wildman–Crippen MR) is 83.4 cm³/mol. The fourth-order valence-electron chi connectivity index (χ4n) is 2.47. The van der Waals surface area contributed by atoms with Gasteiger partial charge in [0.15, 0.2) is 0 Å². The summed E-state index contributed by atoms with van der Waals surface area (Å²) in [6.45, 7) is 16.3. The van der Waals surface area contributed by atoms with Crippen molar-refractivity contribution in [2.45, 2.75) is 79.3 Å². The first-order valence-electron chi connectivity index (χ1n) is 8.06. The van der Waals surface area contributed by atoms with Gasteiger partial charge in [-0.1, -0.05) is 13.8 Å². The Balaban J connectivity index is 0.000000303. The highest BCUT2D eigenvalue weighted by molar-refractivity contribution is 5.78. The van der Waals surface area contributed by atoms with Crippen molar-refractivity contribution in [3.05, 3.63) is 0 Å². The third-order valence-corrected chi connectivity index (χ3v) is 3.60. The highest BCUT2D eigenvalue weighted by Crippen LogP contribution is 2.12. The number of carbonyl (C=O) groups excluding carboxylic acids is 1. The maximum atomic E-state index is 10.9. The summed E-state index contributed by atoms with van der Waals surface area (Å²) in [5, 5.41) is 0. The van der Waals surface area contributed by atoms with E-state index in [0.717, 1.165) is 25.4 Å². The summed E-state index contributed by atoms with van der Waals surface area (Å²) in [6.07, 6.45) is 4.64. The van der Waals surface area contributed by atoms with Gasteiger partial charge in [0, 0.05) is 25.0 Å². The second-order valence-corrected chi connectivity index (χ2v) is 5.62. The van der Waals surface area contributed by atoms with E-state index in [1.165, 1.54) is 25.9 Å². The Kier molecular flexibility index (Phi) is 9.94. The Bertz CT molecular complexity index is 233. The fourth-order valence-corrected chi connectivity index (χ4v) is 2.47. The monoisotopic (exact) mass is 270 g/mol. The van der Waals surface area contributed by atoms with Gasteiger partial charge in [0.1, 0.15) is 0 Å². The lowest BCUT2D eigenvalue weighted by Crippen LogP contribution is -2.31. The molecule has 0 aromatic rings. The number of likely N-dealkylation sites (tertiary alicyclic amines) is 2. The van der Waals surface area contributed by atoms with E-state index < -0.39 is 0 Å². The second-order valence-electron chi connectivity index (χ2n) is 5.62. The molecule has 1 amide bonds. The van der Waals surface area contributed by atoms with E-state index in [4.69, 9.17) is 0 Å². The number of nitrogens with zero attached hydrogens (tertiary/aromatic N) is 2. The summed E-state index contributed by atoms with van der Waals surface area (Å²) in [5.41, 5.74) is 0. The molecule has 0 aliphatic carbocycles. The van der Waals surface area contributed by atoms with Crippen LogP contribution in [0.3, 0.4) is 0 Å². The van der Waals surface area contributed by atoms with Gasteiger partial charge in [0.05, 0.1) is 0 Å². The lowest BCUT2D eigenvalue weighted by Gasteiger charge is -2.19. The second kappa shape index (κ2) is 10.2. The molecule has 114 valence electrons. The molecule has 3 heteroatoms. The standard InChI is InChI=1S/C7H13NO.C7H15N.C2H6/c1-6(2)8-5-3-4-7(8)9;1-7(2)8-5-3-4-6-8;1-2/h6H,3-5H2,1-2H3;7H,3-6H2,1-2H3;1-2H3. The van der Waals surface area contributed by atoms with E-state index in [0.29, 0.717) is 11.9 Å². The number of carbonyl (C=O) groups is 1. The predicted octanol–water partition coefficient (Wildman–Crippen LogP) is 3.53. The molecule has 19 heavy (non-hydrogen) atoms. The molecule has 2 rings (SSSR count). The number of hydrogen-bond acceptors (Lipinski definition) is 2. The number of hydrogen-bond donors (Lipinski definition) is 0. The van der Waals surface area contributed by atoms with Gasteiger partial charge in [-0.3, -0.25) is 4.79 Å². The summed E-state index contributed by atoms with van der Waals surface area (Å²) >= 11 is 0. The highest BCUT2D eigenvalue weighted by Gasteiger charge is 2.21. The highest BCUT2D eigenvalue weighted by atomic mass is 16.2. The van der Waals surface area contributed by atoms with Crippen LogP contribution in [0.15, 0.2) is 0 Å². The molecule has 0 aromatic carbocycles. The van der Waals surface area contributed by atoms with Gasteiger partial charge in [-0.15, -0.1) is 0 Å². The number of amides is 1. The zero-order valence-corrected chi connectivity index (χ0v) is 13.9. The van der Waals surface area contributed by atoms with E-state index in [2.05, 4.69) is 32.6 Å². The van der Waals surface area contributed by atoms with Gasteiger partial charge in [-0.05, 0) is 60.0 Å². The summed E-state index contributed by atoms with van der Waals surface area (Å²) < 4.78 is 0. The van der Waals surface area contributed by atoms with Gasteiger partial charge < -0.3 is 9.80 Å². The minimum atomic E-state index is 0.324. The van der Waals surface area contributed by atoms with Crippen LogP contribution in [0.1, 0.15) is 67.2 Å². The smallest absolute Gasteiger partial charge is 0.222 e. The molecule has 2 fully saturated rings. The quantitative estimate of drug-likeness (QED) is 0.766.